The number of anilines is 3. The van der Waals surface area contributed by atoms with Crippen LogP contribution in [0, 0.1) is 6.92 Å². The summed E-state index contributed by atoms with van der Waals surface area (Å²) in [5, 5.41) is 3.35. The first-order valence-electron chi connectivity index (χ1n) is 8.88. The third-order valence-corrected chi connectivity index (χ3v) is 4.02. The first kappa shape index (κ1) is 17.7. The molecule has 5 heteroatoms. The quantitative estimate of drug-likeness (QED) is 0.638. The molecule has 5 nitrogen and oxygen atoms in total. The lowest BCUT2D eigenvalue weighted by Crippen LogP contribution is -2.23. The Morgan fingerprint density at radius 3 is 2.19 bits per heavy atom. The minimum atomic E-state index is 0.751. The zero-order valence-electron chi connectivity index (χ0n) is 15.4. The molecule has 0 unspecified atom stereocenters. The molecule has 0 spiro atoms. The van der Waals surface area contributed by atoms with Gasteiger partial charge in [0.15, 0.2) is 0 Å². The van der Waals surface area contributed by atoms with Gasteiger partial charge < -0.3 is 15.0 Å². The summed E-state index contributed by atoms with van der Waals surface area (Å²) in [7, 11) is 0. The van der Waals surface area contributed by atoms with Gasteiger partial charge in [0, 0.05) is 24.8 Å². The van der Waals surface area contributed by atoms with Crippen molar-refractivity contribution in [2.24, 2.45) is 0 Å². The van der Waals surface area contributed by atoms with Crippen LogP contribution in [0.2, 0.25) is 0 Å². The summed E-state index contributed by atoms with van der Waals surface area (Å²) in [4.78, 5) is 11.2. The molecule has 0 bridgehead atoms. The average Bonchev–Trinajstić information content (AvgIpc) is 2.65. The van der Waals surface area contributed by atoms with Crippen molar-refractivity contribution >= 4 is 17.3 Å². The van der Waals surface area contributed by atoms with Crippen LogP contribution >= 0.6 is 0 Å². The molecule has 1 heterocycles. The van der Waals surface area contributed by atoms with Gasteiger partial charge in [0.1, 0.15) is 29.0 Å². The number of aromatic nitrogens is 2. The smallest absolute Gasteiger partial charge is 0.136 e. The SMILES string of the molecule is CCN(CC)c1cc(Nc2ccc(Oc3ccccc3)cc2)nc(C)n1. The summed E-state index contributed by atoms with van der Waals surface area (Å²) in [6.07, 6.45) is 0. The summed E-state index contributed by atoms with van der Waals surface area (Å²) in [5.74, 6) is 4.10. The van der Waals surface area contributed by atoms with Gasteiger partial charge in [0.25, 0.3) is 0 Å². The maximum atomic E-state index is 5.82. The van der Waals surface area contributed by atoms with Crippen molar-refractivity contribution in [1.82, 2.24) is 9.97 Å². The van der Waals surface area contributed by atoms with E-state index >= 15 is 0 Å². The van der Waals surface area contributed by atoms with E-state index in [1.807, 2.05) is 67.6 Å². The number of nitrogens with one attached hydrogen (secondary N) is 1. The van der Waals surface area contributed by atoms with E-state index in [4.69, 9.17) is 4.74 Å². The summed E-state index contributed by atoms with van der Waals surface area (Å²) in [5.41, 5.74) is 0.953. The predicted octanol–water partition coefficient (Wildman–Crippen LogP) is 5.17. The normalized spacial score (nSPS) is 10.4. The number of ether oxygens (including phenoxy) is 1. The molecule has 3 aromatic rings. The molecule has 0 aliphatic rings. The number of rotatable bonds is 7. The monoisotopic (exact) mass is 348 g/mol. The second kappa shape index (κ2) is 8.34. The van der Waals surface area contributed by atoms with Crippen LogP contribution in [0.1, 0.15) is 19.7 Å². The van der Waals surface area contributed by atoms with Crippen molar-refractivity contribution in [2.45, 2.75) is 20.8 Å². The standard InChI is InChI=1S/C21H24N4O/c1-4-25(5-2)21-15-20(22-16(3)23-21)24-17-11-13-19(14-12-17)26-18-9-7-6-8-10-18/h6-15H,4-5H2,1-3H3,(H,22,23,24). The van der Waals surface area contributed by atoms with Gasteiger partial charge in [-0.25, -0.2) is 9.97 Å². The van der Waals surface area contributed by atoms with Crippen molar-refractivity contribution in [2.75, 3.05) is 23.3 Å². The molecule has 0 radical (unpaired) electrons. The van der Waals surface area contributed by atoms with E-state index in [9.17, 15) is 0 Å². The summed E-state index contributed by atoms with van der Waals surface area (Å²) >= 11 is 0. The molecule has 0 saturated carbocycles. The number of aryl methyl sites for hydroxylation is 1. The van der Waals surface area contributed by atoms with Gasteiger partial charge in [0.2, 0.25) is 0 Å². The molecule has 134 valence electrons. The van der Waals surface area contributed by atoms with Crippen molar-refractivity contribution in [3.8, 4) is 11.5 Å². The van der Waals surface area contributed by atoms with Crippen LogP contribution in [0.4, 0.5) is 17.3 Å². The molecule has 2 aromatic carbocycles. The fourth-order valence-corrected chi connectivity index (χ4v) is 2.70. The Bertz CT molecular complexity index is 830. The van der Waals surface area contributed by atoms with Crippen LogP contribution in [-0.4, -0.2) is 23.1 Å². The van der Waals surface area contributed by atoms with Crippen LogP contribution in [0.15, 0.2) is 60.7 Å². The number of benzene rings is 2. The lowest BCUT2D eigenvalue weighted by molar-refractivity contribution is 0.483. The highest BCUT2D eigenvalue weighted by molar-refractivity contribution is 5.60. The highest BCUT2D eigenvalue weighted by Crippen LogP contribution is 2.25. The molecule has 0 amide bonds. The molecular formula is C21H24N4O. The van der Waals surface area contributed by atoms with Gasteiger partial charge in [-0.2, -0.15) is 0 Å². The molecule has 26 heavy (non-hydrogen) atoms. The van der Waals surface area contributed by atoms with E-state index in [1.54, 1.807) is 0 Å². The van der Waals surface area contributed by atoms with Gasteiger partial charge in [-0.1, -0.05) is 18.2 Å². The van der Waals surface area contributed by atoms with Gasteiger partial charge in [-0.05, 0) is 57.2 Å². The van der Waals surface area contributed by atoms with Crippen LogP contribution in [0.3, 0.4) is 0 Å². The molecule has 0 atom stereocenters. The van der Waals surface area contributed by atoms with Crippen LogP contribution in [0.25, 0.3) is 0 Å². The Hall–Kier alpha value is -3.08. The lowest BCUT2D eigenvalue weighted by atomic mass is 10.3. The fraction of sp³-hybridized carbons (Fsp3) is 0.238. The Morgan fingerprint density at radius 2 is 1.54 bits per heavy atom. The van der Waals surface area contributed by atoms with E-state index < -0.39 is 0 Å². The van der Waals surface area contributed by atoms with Crippen molar-refractivity contribution in [1.29, 1.82) is 0 Å². The molecular weight excluding hydrogens is 324 g/mol. The first-order chi connectivity index (χ1) is 12.7. The van der Waals surface area contributed by atoms with Crippen LogP contribution in [-0.2, 0) is 0 Å². The maximum Gasteiger partial charge on any atom is 0.136 e. The third kappa shape index (κ3) is 4.51. The molecule has 0 fully saturated rings. The van der Waals surface area contributed by atoms with E-state index in [0.29, 0.717) is 0 Å². The number of hydrogen-bond donors (Lipinski definition) is 1. The Morgan fingerprint density at radius 1 is 0.885 bits per heavy atom. The second-order valence-corrected chi connectivity index (χ2v) is 5.90. The molecule has 0 aliphatic carbocycles. The first-order valence-corrected chi connectivity index (χ1v) is 8.88. The largest absolute Gasteiger partial charge is 0.457 e. The lowest BCUT2D eigenvalue weighted by Gasteiger charge is -2.20. The highest BCUT2D eigenvalue weighted by Gasteiger charge is 2.08. The van der Waals surface area contributed by atoms with E-state index in [2.05, 4.69) is 34.0 Å². The molecule has 3 rings (SSSR count). The second-order valence-electron chi connectivity index (χ2n) is 5.90. The van der Waals surface area contributed by atoms with Gasteiger partial charge in [-0.15, -0.1) is 0 Å². The average molecular weight is 348 g/mol. The number of nitrogens with zero attached hydrogens (tertiary/aromatic N) is 3. The molecule has 1 N–H and O–H groups in total. The van der Waals surface area contributed by atoms with Crippen molar-refractivity contribution in [3.05, 3.63) is 66.5 Å². The summed E-state index contributed by atoms with van der Waals surface area (Å²) in [6, 6.07) is 19.6. The Kier molecular flexibility index (Phi) is 5.69. The molecule has 0 saturated heterocycles. The van der Waals surface area contributed by atoms with Crippen LogP contribution < -0.4 is 15.0 Å². The van der Waals surface area contributed by atoms with E-state index in [0.717, 1.165) is 47.7 Å². The van der Waals surface area contributed by atoms with E-state index in [1.165, 1.54) is 0 Å². The fourth-order valence-electron chi connectivity index (χ4n) is 2.70. The Labute approximate surface area is 154 Å². The third-order valence-electron chi connectivity index (χ3n) is 4.02. The van der Waals surface area contributed by atoms with Crippen molar-refractivity contribution < 1.29 is 4.74 Å². The zero-order valence-corrected chi connectivity index (χ0v) is 15.4. The summed E-state index contributed by atoms with van der Waals surface area (Å²) < 4.78 is 5.82. The van der Waals surface area contributed by atoms with Crippen LogP contribution in [0.5, 0.6) is 11.5 Å². The summed E-state index contributed by atoms with van der Waals surface area (Å²) in [6.45, 7) is 7.99. The molecule has 0 aliphatic heterocycles. The topological polar surface area (TPSA) is 50.3 Å². The zero-order chi connectivity index (χ0) is 18.4. The minimum absolute atomic E-state index is 0.751. The minimum Gasteiger partial charge on any atom is -0.457 e. The number of para-hydroxylation sites is 1. The predicted molar refractivity (Wildman–Crippen MR) is 107 cm³/mol. The Balaban J connectivity index is 1.73. The van der Waals surface area contributed by atoms with Gasteiger partial charge in [0.05, 0.1) is 0 Å². The number of hydrogen-bond acceptors (Lipinski definition) is 5. The van der Waals surface area contributed by atoms with E-state index in [-0.39, 0.29) is 0 Å². The van der Waals surface area contributed by atoms with Gasteiger partial charge >= 0.3 is 0 Å². The van der Waals surface area contributed by atoms with Gasteiger partial charge in [-0.3, -0.25) is 0 Å². The maximum absolute atomic E-state index is 5.82. The molecule has 1 aromatic heterocycles. The highest BCUT2D eigenvalue weighted by atomic mass is 16.5. The van der Waals surface area contributed by atoms with Crippen molar-refractivity contribution in [3.63, 3.8) is 0 Å².